The SMILES string of the molecule is O.O=CC(=O)c1c(F)c(F)c(F)c(F)c1F. The molecule has 88 valence electrons. The maximum Gasteiger partial charge on any atom is 0.231 e. The summed E-state index contributed by atoms with van der Waals surface area (Å²) in [6.07, 6.45) is -0.543. The highest BCUT2D eigenvalue weighted by Crippen LogP contribution is 2.22. The van der Waals surface area contributed by atoms with E-state index in [1.165, 1.54) is 0 Å². The Morgan fingerprint density at radius 3 is 1.44 bits per heavy atom. The van der Waals surface area contributed by atoms with Crippen LogP contribution in [0.15, 0.2) is 0 Å². The van der Waals surface area contributed by atoms with E-state index in [0.29, 0.717) is 0 Å². The second-order valence-electron chi connectivity index (χ2n) is 2.43. The third-order valence-electron chi connectivity index (χ3n) is 1.56. The monoisotopic (exact) mass is 242 g/mol. The number of carbonyl (C=O) groups excluding carboxylic acids is 2. The number of benzene rings is 1. The summed E-state index contributed by atoms with van der Waals surface area (Å²) in [6.45, 7) is 0. The highest BCUT2D eigenvalue weighted by Gasteiger charge is 2.29. The van der Waals surface area contributed by atoms with Crippen molar-refractivity contribution in [3.63, 3.8) is 0 Å². The average Bonchev–Trinajstić information content (AvgIpc) is 2.23. The normalized spacial score (nSPS) is 9.56. The minimum absolute atomic E-state index is 0. The van der Waals surface area contributed by atoms with Crippen LogP contribution < -0.4 is 0 Å². The van der Waals surface area contributed by atoms with Gasteiger partial charge in [0.25, 0.3) is 0 Å². The third-order valence-corrected chi connectivity index (χ3v) is 1.56. The Morgan fingerprint density at radius 1 is 0.812 bits per heavy atom. The molecule has 0 saturated carbocycles. The van der Waals surface area contributed by atoms with Gasteiger partial charge in [-0.05, 0) is 0 Å². The minimum Gasteiger partial charge on any atom is -0.412 e. The van der Waals surface area contributed by atoms with Crippen molar-refractivity contribution in [2.75, 3.05) is 0 Å². The Balaban J connectivity index is 0.00000225. The van der Waals surface area contributed by atoms with Gasteiger partial charge >= 0.3 is 0 Å². The van der Waals surface area contributed by atoms with Crippen LogP contribution in [0.25, 0.3) is 0 Å². The molecule has 0 aliphatic rings. The fourth-order valence-corrected chi connectivity index (χ4v) is 0.880. The van der Waals surface area contributed by atoms with Crippen molar-refractivity contribution in [2.45, 2.75) is 0 Å². The smallest absolute Gasteiger partial charge is 0.231 e. The molecule has 0 atom stereocenters. The van der Waals surface area contributed by atoms with E-state index in [2.05, 4.69) is 0 Å². The van der Waals surface area contributed by atoms with Crippen LogP contribution in [0.2, 0.25) is 0 Å². The van der Waals surface area contributed by atoms with Gasteiger partial charge in [-0.15, -0.1) is 0 Å². The average molecular weight is 242 g/mol. The number of hydrogen-bond acceptors (Lipinski definition) is 2. The number of Topliss-reactive ketones (excluding diaryl/α,β-unsaturated/α-hetero) is 1. The zero-order chi connectivity index (χ0) is 11.7. The van der Waals surface area contributed by atoms with Crippen molar-refractivity contribution < 1.29 is 37.0 Å². The van der Waals surface area contributed by atoms with Gasteiger partial charge in [-0.1, -0.05) is 0 Å². The maximum atomic E-state index is 12.7. The molecule has 0 aliphatic carbocycles. The molecular formula is C8H3F5O3. The summed E-state index contributed by atoms with van der Waals surface area (Å²) in [6, 6.07) is 0. The van der Waals surface area contributed by atoms with E-state index < -0.39 is 46.7 Å². The lowest BCUT2D eigenvalue weighted by atomic mass is 10.1. The molecule has 0 radical (unpaired) electrons. The summed E-state index contributed by atoms with van der Waals surface area (Å²) in [4.78, 5) is 20.5. The second-order valence-corrected chi connectivity index (χ2v) is 2.43. The Morgan fingerprint density at radius 2 is 1.12 bits per heavy atom. The topological polar surface area (TPSA) is 65.6 Å². The number of rotatable bonds is 2. The van der Waals surface area contributed by atoms with Crippen molar-refractivity contribution in [1.29, 1.82) is 0 Å². The van der Waals surface area contributed by atoms with Crippen LogP contribution in [0.5, 0.6) is 0 Å². The van der Waals surface area contributed by atoms with E-state index in [1.807, 2.05) is 0 Å². The van der Waals surface area contributed by atoms with E-state index in [4.69, 9.17) is 0 Å². The summed E-state index contributed by atoms with van der Waals surface area (Å²) in [5.74, 6) is -13.4. The van der Waals surface area contributed by atoms with Crippen LogP contribution in [0.1, 0.15) is 10.4 Å². The summed E-state index contributed by atoms with van der Waals surface area (Å²) in [5, 5.41) is 0. The Kier molecular flexibility index (Phi) is 4.25. The van der Waals surface area contributed by atoms with Gasteiger partial charge in [0, 0.05) is 0 Å². The van der Waals surface area contributed by atoms with Gasteiger partial charge in [0.2, 0.25) is 11.6 Å². The van der Waals surface area contributed by atoms with Gasteiger partial charge in [-0.2, -0.15) is 0 Å². The molecule has 0 bridgehead atoms. The highest BCUT2D eigenvalue weighted by atomic mass is 19.2. The molecule has 0 heterocycles. The first-order valence-corrected chi connectivity index (χ1v) is 3.42. The molecule has 2 N–H and O–H groups in total. The molecule has 16 heavy (non-hydrogen) atoms. The largest absolute Gasteiger partial charge is 0.412 e. The van der Waals surface area contributed by atoms with Crippen LogP contribution in [-0.2, 0) is 4.79 Å². The number of halogens is 5. The van der Waals surface area contributed by atoms with Gasteiger partial charge in [-0.3, -0.25) is 9.59 Å². The van der Waals surface area contributed by atoms with Gasteiger partial charge in [0.1, 0.15) is 5.56 Å². The standard InChI is InChI=1S/C8HF5O2.H2O/c9-4-3(2(15)1-14)5(10)7(12)8(13)6(4)11;/h1H;1H2. The van der Waals surface area contributed by atoms with Crippen LogP contribution >= 0.6 is 0 Å². The summed E-state index contributed by atoms with van der Waals surface area (Å²) in [7, 11) is 0. The number of aldehydes is 1. The molecule has 8 heteroatoms. The predicted octanol–water partition coefficient (Wildman–Crippen LogP) is 0.939. The molecule has 0 unspecified atom stereocenters. The van der Waals surface area contributed by atoms with Gasteiger partial charge < -0.3 is 5.48 Å². The highest BCUT2D eigenvalue weighted by molar-refractivity contribution is 6.33. The van der Waals surface area contributed by atoms with Crippen LogP contribution in [-0.4, -0.2) is 17.5 Å². The summed E-state index contributed by atoms with van der Waals surface area (Å²) < 4.78 is 62.9. The van der Waals surface area contributed by atoms with Crippen molar-refractivity contribution in [2.24, 2.45) is 0 Å². The first-order valence-electron chi connectivity index (χ1n) is 3.42. The molecule has 3 nitrogen and oxygen atoms in total. The predicted molar refractivity (Wildman–Crippen MR) is 40.2 cm³/mol. The molecule has 1 aromatic carbocycles. The van der Waals surface area contributed by atoms with Gasteiger partial charge in [-0.25, -0.2) is 22.0 Å². The second kappa shape index (κ2) is 4.79. The Hall–Kier alpha value is -1.83. The van der Waals surface area contributed by atoms with Gasteiger partial charge in [0.05, 0.1) is 0 Å². The van der Waals surface area contributed by atoms with Gasteiger partial charge in [0.15, 0.2) is 29.6 Å². The molecule has 0 aromatic heterocycles. The zero-order valence-corrected chi connectivity index (χ0v) is 7.28. The Labute approximate surface area is 84.8 Å². The van der Waals surface area contributed by atoms with Crippen molar-refractivity contribution in [3.8, 4) is 0 Å². The van der Waals surface area contributed by atoms with Crippen LogP contribution in [0, 0.1) is 29.1 Å². The fourth-order valence-electron chi connectivity index (χ4n) is 0.880. The third kappa shape index (κ3) is 1.91. The number of hydrogen-bond donors (Lipinski definition) is 0. The van der Waals surface area contributed by atoms with E-state index in [1.54, 1.807) is 0 Å². The van der Waals surface area contributed by atoms with E-state index in [9.17, 15) is 31.5 Å². The van der Waals surface area contributed by atoms with Crippen LogP contribution in [0.3, 0.4) is 0 Å². The quantitative estimate of drug-likeness (QED) is 0.193. The van der Waals surface area contributed by atoms with E-state index >= 15 is 0 Å². The molecule has 0 amide bonds. The van der Waals surface area contributed by atoms with E-state index in [0.717, 1.165) is 0 Å². The minimum atomic E-state index is -2.38. The molecular weight excluding hydrogens is 239 g/mol. The maximum absolute atomic E-state index is 12.7. The number of ketones is 1. The lowest BCUT2D eigenvalue weighted by Gasteiger charge is -2.03. The van der Waals surface area contributed by atoms with Crippen molar-refractivity contribution >= 4 is 12.1 Å². The lowest BCUT2D eigenvalue weighted by Crippen LogP contribution is -2.13. The van der Waals surface area contributed by atoms with Crippen molar-refractivity contribution in [1.82, 2.24) is 0 Å². The lowest BCUT2D eigenvalue weighted by molar-refractivity contribution is -0.104. The summed E-state index contributed by atoms with van der Waals surface area (Å²) in [5.41, 5.74) is -1.75. The van der Waals surface area contributed by atoms with Crippen LogP contribution in [0.4, 0.5) is 22.0 Å². The first-order chi connectivity index (χ1) is 6.91. The molecule has 0 fully saturated rings. The van der Waals surface area contributed by atoms with Crippen molar-refractivity contribution in [3.05, 3.63) is 34.6 Å². The zero-order valence-electron chi connectivity index (χ0n) is 7.28. The molecule has 1 rings (SSSR count). The molecule has 0 spiro atoms. The van der Waals surface area contributed by atoms with E-state index in [-0.39, 0.29) is 5.48 Å². The first kappa shape index (κ1) is 14.2. The fraction of sp³-hybridized carbons (Fsp3) is 0. The summed E-state index contributed by atoms with van der Waals surface area (Å²) >= 11 is 0. The molecule has 0 saturated heterocycles. The molecule has 1 aromatic rings. The molecule has 0 aliphatic heterocycles. The Bertz CT molecular complexity index is 428. The number of carbonyl (C=O) groups is 2.